The number of amides is 1. The van der Waals surface area contributed by atoms with Crippen LogP contribution in [-0.2, 0) is 16.6 Å². The molecule has 2 aromatic carbocycles. The van der Waals surface area contributed by atoms with Crippen molar-refractivity contribution in [1.82, 2.24) is 5.32 Å². The third-order valence-corrected chi connectivity index (χ3v) is 4.95. The smallest absolute Gasteiger partial charge is 0.251 e. The first-order valence-electron chi connectivity index (χ1n) is 7.91. The number of nitrogens with one attached hydrogen (secondary N) is 1. The number of hydrogen-bond acceptors (Lipinski definition) is 3. The Morgan fingerprint density at radius 1 is 1.16 bits per heavy atom. The summed E-state index contributed by atoms with van der Waals surface area (Å²) < 4.78 is 25.6. The van der Waals surface area contributed by atoms with Gasteiger partial charge in [-0.15, -0.1) is 0 Å². The van der Waals surface area contributed by atoms with Crippen molar-refractivity contribution >= 4 is 33.2 Å². The van der Waals surface area contributed by atoms with Gasteiger partial charge in [0.15, 0.2) is 0 Å². The predicted octanol–water partition coefficient (Wildman–Crippen LogP) is 3.45. The Hall–Kier alpha value is -2.05. The highest BCUT2D eigenvalue weighted by Gasteiger charge is 2.18. The van der Waals surface area contributed by atoms with Gasteiger partial charge in [-0.1, -0.05) is 36.7 Å². The summed E-state index contributed by atoms with van der Waals surface area (Å²) in [4.78, 5) is 11.9. The van der Waals surface area contributed by atoms with Crippen LogP contribution in [0.25, 0.3) is 0 Å². The summed E-state index contributed by atoms with van der Waals surface area (Å²) in [5, 5.41) is 3.27. The molecule has 1 amide bonds. The molecule has 0 unspecified atom stereocenters. The largest absolute Gasteiger partial charge is 0.352 e. The molecule has 25 heavy (non-hydrogen) atoms. The molecule has 0 aliphatic rings. The molecule has 0 saturated heterocycles. The molecule has 0 atom stereocenters. The molecule has 5 nitrogen and oxygen atoms in total. The Labute approximate surface area is 153 Å². The Kier molecular flexibility index (Phi) is 6.45. The minimum atomic E-state index is -3.48. The van der Waals surface area contributed by atoms with E-state index in [1.807, 2.05) is 6.92 Å². The van der Waals surface area contributed by atoms with Gasteiger partial charge < -0.3 is 5.32 Å². The van der Waals surface area contributed by atoms with Crippen LogP contribution in [0, 0.1) is 0 Å². The molecule has 134 valence electrons. The highest BCUT2D eigenvalue weighted by atomic mass is 35.5. The lowest BCUT2D eigenvalue weighted by molar-refractivity contribution is 0.0953. The molecule has 2 rings (SSSR count). The van der Waals surface area contributed by atoms with Gasteiger partial charge in [0.25, 0.3) is 5.91 Å². The fourth-order valence-electron chi connectivity index (χ4n) is 2.30. The second-order valence-corrected chi connectivity index (χ2v) is 8.05. The summed E-state index contributed by atoms with van der Waals surface area (Å²) in [6.45, 7) is 2.77. The van der Waals surface area contributed by atoms with Crippen molar-refractivity contribution in [3.63, 3.8) is 0 Å². The van der Waals surface area contributed by atoms with Crippen LogP contribution in [0.2, 0.25) is 5.02 Å². The SMILES string of the molecule is CCCNC(=O)c1ccc(CN(c2cccc(Cl)c2)S(C)(=O)=O)cc1. The number of carbonyl (C=O) groups is 1. The zero-order valence-electron chi connectivity index (χ0n) is 14.2. The lowest BCUT2D eigenvalue weighted by Crippen LogP contribution is -2.29. The predicted molar refractivity (Wildman–Crippen MR) is 102 cm³/mol. The number of halogens is 1. The minimum absolute atomic E-state index is 0.136. The van der Waals surface area contributed by atoms with Crippen LogP contribution < -0.4 is 9.62 Å². The summed E-state index contributed by atoms with van der Waals surface area (Å²) in [6, 6.07) is 13.6. The number of benzene rings is 2. The van der Waals surface area contributed by atoms with Gasteiger partial charge in [-0.25, -0.2) is 8.42 Å². The summed E-state index contributed by atoms with van der Waals surface area (Å²) in [5.41, 5.74) is 1.82. The van der Waals surface area contributed by atoms with E-state index < -0.39 is 10.0 Å². The van der Waals surface area contributed by atoms with Gasteiger partial charge in [0, 0.05) is 17.1 Å². The summed E-state index contributed by atoms with van der Waals surface area (Å²) in [7, 11) is -3.48. The van der Waals surface area contributed by atoms with E-state index in [1.165, 1.54) is 4.31 Å². The quantitative estimate of drug-likeness (QED) is 0.800. The molecule has 0 saturated carbocycles. The van der Waals surface area contributed by atoms with E-state index in [0.29, 0.717) is 22.8 Å². The summed E-state index contributed by atoms with van der Waals surface area (Å²) in [6.07, 6.45) is 2.02. The van der Waals surface area contributed by atoms with Gasteiger partial charge in [0.05, 0.1) is 18.5 Å². The number of nitrogens with zero attached hydrogens (tertiary/aromatic N) is 1. The van der Waals surface area contributed by atoms with E-state index in [1.54, 1.807) is 48.5 Å². The molecule has 0 aliphatic heterocycles. The molecule has 0 heterocycles. The van der Waals surface area contributed by atoms with Gasteiger partial charge in [0.1, 0.15) is 0 Å². The molecule has 0 aromatic heterocycles. The number of hydrogen-bond donors (Lipinski definition) is 1. The number of rotatable bonds is 7. The molecule has 0 bridgehead atoms. The fraction of sp³-hybridized carbons (Fsp3) is 0.278. The zero-order chi connectivity index (χ0) is 18.4. The standard InChI is InChI=1S/C18H21ClN2O3S/c1-3-11-20-18(22)15-9-7-14(8-10-15)13-21(25(2,23)24)17-6-4-5-16(19)12-17/h4-10,12H,3,11,13H2,1-2H3,(H,20,22). The minimum Gasteiger partial charge on any atom is -0.352 e. The van der Waals surface area contributed by atoms with Crippen LogP contribution in [0.4, 0.5) is 5.69 Å². The molecule has 1 N–H and O–H groups in total. The van der Waals surface area contributed by atoms with Crippen LogP contribution in [0.1, 0.15) is 29.3 Å². The highest BCUT2D eigenvalue weighted by Crippen LogP contribution is 2.24. The van der Waals surface area contributed by atoms with Gasteiger partial charge >= 0.3 is 0 Å². The van der Waals surface area contributed by atoms with Gasteiger partial charge in [-0.2, -0.15) is 0 Å². The maximum absolute atomic E-state index is 12.2. The molecular weight excluding hydrogens is 360 g/mol. The van der Waals surface area contributed by atoms with Crippen LogP contribution in [0.5, 0.6) is 0 Å². The van der Waals surface area contributed by atoms with Crippen molar-refractivity contribution in [3.05, 3.63) is 64.7 Å². The van der Waals surface area contributed by atoms with Crippen molar-refractivity contribution in [2.24, 2.45) is 0 Å². The maximum atomic E-state index is 12.2. The molecule has 2 aromatic rings. The van der Waals surface area contributed by atoms with E-state index in [4.69, 9.17) is 11.6 Å². The van der Waals surface area contributed by atoms with Crippen molar-refractivity contribution < 1.29 is 13.2 Å². The first-order valence-corrected chi connectivity index (χ1v) is 10.1. The summed E-state index contributed by atoms with van der Waals surface area (Å²) >= 11 is 5.97. The lowest BCUT2D eigenvalue weighted by Gasteiger charge is -2.22. The Morgan fingerprint density at radius 3 is 2.40 bits per heavy atom. The molecule has 0 spiro atoms. The molecular formula is C18H21ClN2O3S. The van der Waals surface area contributed by atoms with E-state index in [2.05, 4.69) is 5.32 Å². The van der Waals surface area contributed by atoms with Gasteiger partial charge in [0.2, 0.25) is 10.0 Å². The maximum Gasteiger partial charge on any atom is 0.251 e. The molecule has 0 radical (unpaired) electrons. The normalized spacial score (nSPS) is 11.2. The topological polar surface area (TPSA) is 66.5 Å². The highest BCUT2D eigenvalue weighted by molar-refractivity contribution is 7.92. The lowest BCUT2D eigenvalue weighted by atomic mass is 10.1. The third-order valence-electron chi connectivity index (χ3n) is 3.57. The van der Waals surface area contributed by atoms with E-state index in [-0.39, 0.29) is 12.5 Å². The number of carbonyl (C=O) groups excluding carboxylic acids is 1. The number of sulfonamides is 1. The van der Waals surface area contributed by atoms with Crippen molar-refractivity contribution in [2.45, 2.75) is 19.9 Å². The van der Waals surface area contributed by atoms with Gasteiger partial charge in [-0.05, 0) is 42.3 Å². The molecule has 0 aliphatic carbocycles. The Morgan fingerprint density at radius 2 is 1.84 bits per heavy atom. The second-order valence-electron chi connectivity index (χ2n) is 5.70. The fourth-order valence-corrected chi connectivity index (χ4v) is 3.36. The first kappa shape index (κ1) is 19.3. The Balaban J connectivity index is 2.21. The van der Waals surface area contributed by atoms with Crippen molar-refractivity contribution in [3.8, 4) is 0 Å². The zero-order valence-corrected chi connectivity index (χ0v) is 15.8. The van der Waals surface area contributed by atoms with E-state index in [9.17, 15) is 13.2 Å². The third kappa shape index (κ3) is 5.47. The number of anilines is 1. The van der Waals surface area contributed by atoms with Crippen molar-refractivity contribution in [1.29, 1.82) is 0 Å². The van der Waals surface area contributed by atoms with E-state index in [0.717, 1.165) is 18.2 Å². The van der Waals surface area contributed by atoms with Gasteiger partial charge in [-0.3, -0.25) is 9.10 Å². The second kappa shape index (κ2) is 8.36. The van der Waals surface area contributed by atoms with Crippen LogP contribution in [0.3, 0.4) is 0 Å². The van der Waals surface area contributed by atoms with Crippen molar-refractivity contribution in [2.75, 3.05) is 17.1 Å². The van der Waals surface area contributed by atoms with E-state index >= 15 is 0 Å². The van der Waals surface area contributed by atoms with Crippen LogP contribution in [-0.4, -0.2) is 27.1 Å². The summed E-state index contributed by atoms with van der Waals surface area (Å²) in [5.74, 6) is -0.136. The Bertz CT molecular complexity index is 836. The molecule has 0 fully saturated rings. The first-order chi connectivity index (χ1) is 11.8. The molecule has 7 heteroatoms. The van der Waals surface area contributed by atoms with Crippen LogP contribution >= 0.6 is 11.6 Å². The monoisotopic (exact) mass is 380 g/mol. The average Bonchev–Trinajstić information content (AvgIpc) is 2.57. The van der Waals surface area contributed by atoms with Crippen LogP contribution in [0.15, 0.2) is 48.5 Å². The average molecular weight is 381 g/mol.